The molecule has 6 heteroatoms. The molecule has 0 radical (unpaired) electrons. The SMILES string of the molecule is CNc1ccc(C)cc1C(=O)Nc1cc(F)c(Br)cc1F. The third-order valence-electron chi connectivity index (χ3n) is 2.95. The summed E-state index contributed by atoms with van der Waals surface area (Å²) in [6.07, 6.45) is 0. The molecule has 21 heavy (non-hydrogen) atoms. The van der Waals surface area contributed by atoms with Gasteiger partial charge < -0.3 is 10.6 Å². The van der Waals surface area contributed by atoms with Crippen LogP contribution in [0.25, 0.3) is 0 Å². The van der Waals surface area contributed by atoms with E-state index < -0.39 is 17.5 Å². The zero-order valence-electron chi connectivity index (χ0n) is 11.4. The van der Waals surface area contributed by atoms with Gasteiger partial charge in [-0.3, -0.25) is 4.79 Å². The molecular weight excluding hydrogens is 342 g/mol. The number of amides is 1. The molecule has 0 saturated carbocycles. The summed E-state index contributed by atoms with van der Waals surface area (Å²) in [7, 11) is 1.68. The molecule has 2 rings (SSSR count). The number of carbonyl (C=O) groups excluding carboxylic acids is 1. The highest BCUT2D eigenvalue weighted by Crippen LogP contribution is 2.25. The van der Waals surface area contributed by atoms with Crippen LogP contribution in [0, 0.1) is 18.6 Å². The van der Waals surface area contributed by atoms with Gasteiger partial charge in [-0.15, -0.1) is 0 Å². The van der Waals surface area contributed by atoms with E-state index in [1.54, 1.807) is 19.2 Å². The molecule has 0 aromatic heterocycles. The highest BCUT2D eigenvalue weighted by molar-refractivity contribution is 9.10. The van der Waals surface area contributed by atoms with Gasteiger partial charge in [-0.2, -0.15) is 0 Å². The predicted octanol–water partition coefficient (Wildman–Crippen LogP) is 4.33. The van der Waals surface area contributed by atoms with E-state index in [2.05, 4.69) is 26.6 Å². The molecule has 0 aliphatic carbocycles. The number of anilines is 2. The topological polar surface area (TPSA) is 41.1 Å². The van der Waals surface area contributed by atoms with Gasteiger partial charge in [0.25, 0.3) is 5.91 Å². The summed E-state index contributed by atoms with van der Waals surface area (Å²) >= 11 is 2.89. The van der Waals surface area contributed by atoms with Crippen LogP contribution in [0.2, 0.25) is 0 Å². The Morgan fingerprint density at radius 1 is 1.10 bits per heavy atom. The summed E-state index contributed by atoms with van der Waals surface area (Å²) in [5.74, 6) is -1.87. The minimum absolute atomic E-state index is 0.00414. The normalized spacial score (nSPS) is 10.3. The summed E-state index contributed by atoms with van der Waals surface area (Å²) in [5, 5.41) is 5.27. The Morgan fingerprint density at radius 2 is 1.81 bits per heavy atom. The fourth-order valence-corrected chi connectivity index (χ4v) is 2.19. The molecule has 2 aromatic rings. The van der Waals surface area contributed by atoms with Crippen molar-refractivity contribution in [2.75, 3.05) is 17.7 Å². The van der Waals surface area contributed by atoms with Crippen LogP contribution in [0.4, 0.5) is 20.2 Å². The van der Waals surface area contributed by atoms with Crippen LogP contribution in [-0.4, -0.2) is 13.0 Å². The summed E-state index contributed by atoms with van der Waals surface area (Å²) in [6, 6.07) is 7.19. The van der Waals surface area contributed by atoms with Crippen LogP contribution < -0.4 is 10.6 Å². The predicted molar refractivity (Wildman–Crippen MR) is 82.7 cm³/mol. The van der Waals surface area contributed by atoms with Crippen molar-refractivity contribution in [3.8, 4) is 0 Å². The second-order valence-electron chi connectivity index (χ2n) is 4.50. The van der Waals surface area contributed by atoms with Crippen molar-refractivity contribution in [1.29, 1.82) is 0 Å². The quantitative estimate of drug-likeness (QED) is 0.805. The largest absolute Gasteiger partial charge is 0.387 e. The molecule has 0 atom stereocenters. The van der Waals surface area contributed by atoms with Gasteiger partial charge in [0.15, 0.2) is 0 Å². The van der Waals surface area contributed by atoms with E-state index in [9.17, 15) is 13.6 Å². The standard InChI is InChI=1S/C15H13BrF2N2O/c1-8-3-4-13(19-2)9(5-8)15(21)20-14-7-11(17)10(16)6-12(14)18/h3-7,19H,1-2H3,(H,20,21). The molecule has 0 unspecified atom stereocenters. The van der Waals surface area contributed by atoms with E-state index in [0.29, 0.717) is 11.3 Å². The van der Waals surface area contributed by atoms with E-state index >= 15 is 0 Å². The Labute approximate surface area is 129 Å². The van der Waals surface area contributed by atoms with E-state index in [0.717, 1.165) is 17.7 Å². The van der Waals surface area contributed by atoms with Gasteiger partial charge in [-0.1, -0.05) is 11.6 Å². The monoisotopic (exact) mass is 354 g/mol. The minimum atomic E-state index is -0.713. The van der Waals surface area contributed by atoms with Crippen LogP contribution in [-0.2, 0) is 0 Å². The Morgan fingerprint density at radius 3 is 2.48 bits per heavy atom. The van der Waals surface area contributed by atoms with Crippen LogP contribution in [0.3, 0.4) is 0 Å². The lowest BCUT2D eigenvalue weighted by Gasteiger charge is -2.11. The van der Waals surface area contributed by atoms with Gasteiger partial charge in [0.1, 0.15) is 11.6 Å². The zero-order chi connectivity index (χ0) is 15.6. The van der Waals surface area contributed by atoms with E-state index in [4.69, 9.17) is 0 Å². The van der Waals surface area contributed by atoms with Gasteiger partial charge >= 0.3 is 0 Å². The van der Waals surface area contributed by atoms with Crippen molar-refractivity contribution >= 4 is 33.2 Å². The van der Waals surface area contributed by atoms with Crippen LogP contribution in [0.5, 0.6) is 0 Å². The third-order valence-corrected chi connectivity index (χ3v) is 3.55. The number of benzene rings is 2. The number of nitrogens with one attached hydrogen (secondary N) is 2. The molecule has 3 nitrogen and oxygen atoms in total. The first kappa shape index (κ1) is 15.4. The minimum Gasteiger partial charge on any atom is -0.387 e. The van der Waals surface area contributed by atoms with Crippen molar-refractivity contribution < 1.29 is 13.6 Å². The lowest BCUT2D eigenvalue weighted by Crippen LogP contribution is -2.15. The molecule has 0 aliphatic rings. The van der Waals surface area contributed by atoms with Crippen molar-refractivity contribution in [2.45, 2.75) is 6.92 Å². The molecule has 0 aliphatic heterocycles. The van der Waals surface area contributed by atoms with Crippen molar-refractivity contribution in [3.05, 3.63) is 57.6 Å². The molecule has 0 fully saturated rings. The third kappa shape index (κ3) is 3.39. The number of hydrogen-bond donors (Lipinski definition) is 2. The second kappa shape index (κ2) is 6.22. The molecule has 2 N–H and O–H groups in total. The summed E-state index contributed by atoms with van der Waals surface area (Å²) in [5.41, 5.74) is 1.65. The number of rotatable bonds is 3. The molecule has 2 aromatic carbocycles. The first-order valence-electron chi connectivity index (χ1n) is 6.16. The fourth-order valence-electron chi connectivity index (χ4n) is 1.87. The summed E-state index contributed by atoms with van der Waals surface area (Å²) < 4.78 is 27.2. The van der Waals surface area contributed by atoms with E-state index in [1.165, 1.54) is 0 Å². The molecule has 110 valence electrons. The van der Waals surface area contributed by atoms with Gasteiger partial charge in [0.05, 0.1) is 15.7 Å². The first-order chi connectivity index (χ1) is 9.92. The maximum atomic E-state index is 13.7. The molecular formula is C15H13BrF2N2O. The maximum Gasteiger partial charge on any atom is 0.257 e. The molecule has 0 saturated heterocycles. The lowest BCUT2D eigenvalue weighted by atomic mass is 10.1. The Bertz CT molecular complexity index is 704. The van der Waals surface area contributed by atoms with E-state index in [-0.39, 0.29) is 10.2 Å². The van der Waals surface area contributed by atoms with Gasteiger partial charge in [0, 0.05) is 18.8 Å². The highest BCUT2D eigenvalue weighted by Gasteiger charge is 2.15. The van der Waals surface area contributed by atoms with Gasteiger partial charge in [-0.25, -0.2) is 8.78 Å². The number of carbonyl (C=O) groups is 1. The second-order valence-corrected chi connectivity index (χ2v) is 5.35. The Kier molecular flexibility index (Phi) is 4.57. The van der Waals surface area contributed by atoms with Crippen molar-refractivity contribution in [3.63, 3.8) is 0 Å². The summed E-state index contributed by atoms with van der Waals surface area (Å²) in [6.45, 7) is 1.84. The van der Waals surface area contributed by atoms with Crippen LogP contribution >= 0.6 is 15.9 Å². The summed E-state index contributed by atoms with van der Waals surface area (Å²) in [4.78, 5) is 12.2. The molecule has 0 spiro atoms. The van der Waals surface area contributed by atoms with Gasteiger partial charge in [0.2, 0.25) is 0 Å². The number of hydrogen-bond acceptors (Lipinski definition) is 2. The van der Waals surface area contributed by atoms with Crippen LogP contribution in [0.1, 0.15) is 15.9 Å². The Balaban J connectivity index is 2.34. The zero-order valence-corrected chi connectivity index (χ0v) is 13.0. The molecule has 0 heterocycles. The molecule has 0 bridgehead atoms. The van der Waals surface area contributed by atoms with Gasteiger partial charge in [-0.05, 0) is 41.1 Å². The highest BCUT2D eigenvalue weighted by atomic mass is 79.9. The maximum absolute atomic E-state index is 13.7. The molecule has 1 amide bonds. The number of halogens is 3. The van der Waals surface area contributed by atoms with E-state index in [1.807, 2.05) is 13.0 Å². The lowest BCUT2D eigenvalue weighted by molar-refractivity contribution is 0.102. The van der Waals surface area contributed by atoms with Crippen molar-refractivity contribution in [2.24, 2.45) is 0 Å². The average molecular weight is 355 g/mol. The van der Waals surface area contributed by atoms with Crippen LogP contribution in [0.15, 0.2) is 34.8 Å². The Hall–Kier alpha value is -1.95. The number of aryl methyl sites for hydroxylation is 1. The smallest absolute Gasteiger partial charge is 0.257 e. The first-order valence-corrected chi connectivity index (χ1v) is 6.96. The van der Waals surface area contributed by atoms with Crippen molar-refractivity contribution in [1.82, 2.24) is 0 Å². The average Bonchev–Trinajstić information content (AvgIpc) is 2.44. The fraction of sp³-hybridized carbons (Fsp3) is 0.133.